The van der Waals surface area contributed by atoms with Gasteiger partial charge in [0.2, 0.25) is 0 Å². The van der Waals surface area contributed by atoms with E-state index in [4.69, 9.17) is 9.66 Å². The molecule has 0 aromatic rings. The van der Waals surface area contributed by atoms with Crippen molar-refractivity contribution in [3.63, 3.8) is 0 Å². The standard InChI is InChI=1S/C24H50O6S2/c1-2-3-4-5-6-7-8-9-10-11-12-13-14-15-21-31(22-16-19-25)23-18-24(26)17-20-30-32(27,28)29/h24-26H,2-23H2,1H3/p+1. The second-order valence-corrected chi connectivity index (χ2v) is 12.4. The summed E-state index contributed by atoms with van der Waals surface area (Å²) < 4.78 is 33.9. The van der Waals surface area contributed by atoms with Crippen LogP contribution in [0.15, 0.2) is 0 Å². The summed E-state index contributed by atoms with van der Waals surface area (Å²) in [6, 6.07) is 0. The molecule has 0 fully saturated rings. The highest BCUT2D eigenvalue weighted by Crippen LogP contribution is 2.14. The van der Waals surface area contributed by atoms with Crippen LogP contribution in [0.5, 0.6) is 0 Å². The average molecular weight is 500 g/mol. The van der Waals surface area contributed by atoms with Crippen LogP contribution in [0.3, 0.4) is 0 Å². The zero-order chi connectivity index (χ0) is 23.9. The molecule has 194 valence electrons. The summed E-state index contributed by atoms with van der Waals surface area (Å²) in [6.07, 6.45) is 19.9. The molecule has 2 unspecified atom stereocenters. The van der Waals surface area contributed by atoms with Gasteiger partial charge in [-0.25, -0.2) is 4.18 Å². The molecule has 0 aliphatic rings. The summed E-state index contributed by atoms with van der Waals surface area (Å²) in [7, 11) is -4.24. The van der Waals surface area contributed by atoms with Crippen molar-refractivity contribution in [1.29, 1.82) is 0 Å². The molecule has 0 rings (SSSR count). The molecule has 0 radical (unpaired) electrons. The maximum Gasteiger partial charge on any atom is 0.397 e. The Morgan fingerprint density at radius 1 is 0.719 bits per heavy atom. The topological polar surface area (TPSA) is 104 Å². The van der Waals surface area contributed by atoms with Gasteiger partial charge in [0.25, 0.3) is 0 Å². The highest BCUT2D eigenvalue weighted by atomic mass is 32.3. The van der Waals surface area contributed by atoms with E-state index in [0.717, 1.165) is 23.7 Å². The van der Waals surface area contributed by atoms with Crippen molar-refractivity contribution in [2.75, 3.05) is 30.5 Å². The number of hydrogen-bond acceptors (Lipinski definition) is 5. The maximum absolute atomic E-state index is 10.5. The normalized spacial score (nSPS) is 14.0. The van der Waals surface area contributed by atoms with Gasteiger partial charge in [-0.1, -0.05) is 84.0 Å². The van der Waals surface area contributed by atoms with Crippen molar-refractivity contribution in [3.05, 3.63) is 0 Å². The largest absolute Gasteiger partial charge is 0.397 e. The molecule has 0 aromatic carbocycles. The summed E-state index contributed by atoms with van der Waals surface area (Å²) in [5.41, 5.74) is 0. The van der Waals surface area contributed by atoms with Crippen LogP contribution in [0.25, 0.3) is 0 Å². The number of rotatable bonds is 25. The predicted molar refractivity (Wildman–Crippen MR) is 137 cm³/mol. The lowest BCUT2D eigenvalue weighted by molar-refractivity contribution is 0.134. The van der Waals surface area contributed by atoms with E-state index in [-0.39, 0.29) is 30.5 Å². The smallest absolute Gasteiger partial charge is 0.396 e. The fraction of sp³-hybridized carbons (Fsp3) is 1.00. The lowest BCUT2D eigenvalue weighted by Gasteiger charge is -2.12. The minimum absolute atomic E-state index is 0.188. The number of unbranched alkanes of at least 4 members (excludes halogenated alkanes) is 13. The molecule has 3 N–H and O–H groups in total. The third-order valence-electron chi connectivity index (χ3n) is 5.80. The van der Waals surface area contributed by atoms with E-state index in [9.17, 15) is 13.5 Å². The minimum atomic E-state index is -4.43. The van der Waals surface area contributed by atoms with Crippen LogP contribution in [-0.4, -0.2) is 59.8 Å². The van der Waals surface area contributed by atoms with Crippen LogP contribution in [0, 0.1) is 0 Å². The van der Waals surface area contributed by atoms with Gasteiger partial charge in [-0.05, 0) is 30.2 Å². The Morgan fingerprint density at radius 3 is 1.66 bits per heavy atom. The first-order valence-corrected chi connectivity index (χ1v) is 16.0. The van der Waals surface area contributed by atoms with Crippen molar-refractivity contribution in [2.24, 2.45) is 0 Å². The SMILES string of the molecule is CCCCCCCCCCCCCCCC[S+](CCCO)CCC(O)CCOS(=O)(=O)O. The Hall–Kier alpha value is 0.140. The fourth-order valence-electron chi connectivity index (χ4n) is 3.81. The molecular weight excluding hydrogens is 448 g/mol. The third kappa shape index (κ3) is 24.8. The molecule has 0 aliphatic carbocycles. The second-order valence-electron chi connectivity index (χ2n) is 8.88. The molecule has 6 nitrogen and oxygen atoms in total. The highest BCUT2D eigenvalue weighted by molar-refractivity contribution is 7.96. The van der Waals surface area contributed by atoms with E-state index < -0.39 is 16.5 Å². The van der Waals surface area contributed by atoms with Gasteiger partial charge in [-0.15, -0.1) is 0 Å². The van der Waals surface area contributed by atoms with Crippen LogP contribution >= 0.6 is 0 Å². The van der Waals surface area contributed by atoms with Crippen molar-refractivity contribution < 1.29 is 27.4 Å². The van der Waals surface area contributed by atoms with Crippen LogP contribution in [-0.2, 0) is 25.5 Å². The summed E-state index contributed by atoms with van der Waals surface area (Å²) in [4.78, 5) is 0. The quantitative estimate of drug-likeness (QED) is 0.0879. The molecule has 0 amide bonds. The number of aliphatic hydroxyl groups is 2. The first-order chi connectivity index (χ1) is 15.4. The summed E-state index contributed by atoms with van der Waals surface area (Å²) >= 11 is 0. The zero-order valence-corrected chi connectivity index (χ0v) is 22.1. The van der Waals surface area contributed by atoms with E-state index in [1.807, 2.05) is 0 Å². The Bertz CT molecular complexity index is 487. The van der Waals surface area contributed by atoms with Crippen LogP contribution in [0.2, 0.25) is 0 Å². The van der Waals surface area contributed by atoms with E-state index in [2.05, 4.69) is 11.1 Å². The maximum atomic E-state index is 10.5. The third-order valence-corrected chi connectivity index (χ3v) is 8.81. The Labute approximate surface area is 201 Å². The van der Waals surface area contributed by atoms with Crippen LogP contribution < -0.4 is 0 Å². The van der Waals surface area contributed by atoms with Gasteiger partial charge < -0.3 is 10.2 Å². The molecule has 0 saturated heterocycles. The molecule has 0 aliphatic heterocycles. The van der Waals surface area contributed by atoms with Gasteiger partial charge in [-0.3, -0.25) is 4.55 Å². The van der Waals surface area contributed by atoms with Gasteiger partial charge in [-0.2, -0.15) is 8.42 Å². The monoisotopic (exact) mass is 499 g/mol. The second kappa shape index (κ2) is 22.9. The molecule has 0 heterocycles. The predicted octanol–water partition coefficient (Wildman–Crippen LogP) is 5.43. The van der Waals surface area contributed by atoms with Gasteiger partial charge in [0.05, 0.1) is 12.7 Å². The molecule has 32 heavy (non-hydrogen) atoms. The number of hydrogen-bond donors (Lipinski definition) is 3. The molecular formula is C24H51O6S2+. The lowest BCUT2D eigenvalue weighted by Crippen LogP contribution is -2.22. The van der Waals surface area contributed by atoms with Gasteiger partial charge >= 0.3 is 10.4 Å². The van der Waals surface area contributed by atoms with E-state index >= 15 is 0 Å². The van der Waals surface area contributed by atoms with E-state index in [0.29, 0.717) is 6.42 Å². The van der Waals surface area contributed by atoms with Crippen molar-refractivity contribution in [2.45, 2.75) is 122 Å². The van der Waals surface area contributed by atoms with Gasteiger partial charge in [0.15, 0.2) is 0 Å². The Balaban J connectivity index is 3.68. The fourth-order valence-corrected chi connectivity index (χ4v) is 6.49. The zero-order valence-electron chi connectivity index (χ0n) is 20.5. The first kappa shape index (κ1) is 32.1. The first-order valence-electron chi connectivity index (χ1n) is 12.9. The molecule has 0 bridgehead atoms. The van der Waals surface area contributed by atoms with Crippen molar-refractivity contribution in [1.82, 2.24) is 0 Å². The Morgan fingerprint density at radius 2 is 1.19 bits per heavy atom. The summed E-state index contributed by atoms with van der Waals surface area (Å²) in [5.74, 6) is 3.03. The summed E-state index contributed by atoms with van der Waals surface area (Å²) in [5, 5.41) is 19.2. The van der Waals surface area contributed by atoms with E-state index in [1.54, 1.807) is 0 Å². The minimum Gasteiger partial charge on any atom is -0.396 e. The molecule has 2 atom stereocenters. The van der Waals surface area contributed by atoms with Gasteiger partial charge in [0, 0.05) is 19.4 Å². The molecule has 8 heteroatoms. The van der Waals surface area contributed by atoms with Crippen molar-refractivity contribution >= 4 is 21.3 Å². The average Bonchev–Trinajstić information content (AvgIpc) is 2.74. The Kier molecular flexibility index (Phi) is 23.0. The molecule has 0 aromatic heterocycles. The van der Waals surface area contributed by atoms with E-state index in [1.165, 1.54) is 89.9 Å². The van der Waals surface area contributed by atoms with Crippen molar-refractivity contribution in [3.8, 4) is 0 Å². The van der Waals surface area contributed by atoms with Crippen LogP contribution in [0.4, 0.5) is 0 Å². The van der Waals surface area contributed by atoms with Crippen LogP contribution in [0.1, 0.15) is 116 Å². The van der Waals surface area contributed by atoms with Gasteiger partial charge in [0.1, 0.15) is 17.3 Å². The number of aliphatic hydroxyl groups excluding tert-OH is 2. The summed E-state index contributed by atoms with van der Waals surface area (Å²) in [6.45, 7) is 2.26. The highest BCUT2D eigenvalue weighted by Gasteiger charge is 2.19. The molecule has 0 spiro atoms. The molecule has 0 saturated carbocycles. The lowest BCUT2D eigenvalue weighted by atomic mass is 10.0.